The fraction of sp³-hybridized carbons (Fsp3) is 0.158. The highest BCUT2D eigenvalue weighted by molar-refractivity contribution is 5.79. The summed E-state index contributed by atoms with van der Waals surface area (Å²) in [6.07, 6.45) is 2.53. The van der Waals surface area contributed by atoms with Gasteiger partial charge in [-0.15, -0.1) is 6.58 Å². The Morgan fingerprint density at radius 3 is 2.87 bits per heavy atom. The first-order valence-corrected chi connectivity index (χ1v) is 7.59. The van der Waals surface area contributed by atoms with Crippen LogP contribution in [0.1, 0.15) is 12.5 Å². The maximum Gasteiger partial charge on any atom is 0.259 e. The number of fused-ring (bicyclic) bond motifs is 1. The molecule has 0 saturated carbocycles. The Morgan fingerprint density at radius 2 is 2.09 bits per heavy atom. The van der Waals surface area contributed by atoms with E-state index in [9.17, 15) is 4.79 Å². The fourth-order valence-electron chi connectivity index (χ4n) is 2.56. The molecule has 3 aromatic rings. The number of nitrogens with one attached hydrogen (secondary N) is 1. The molecule has 4 nitrogen and oxygen atoms in total. The van der Waals surface area contributed by atoms with Crippen molar-refractivity contribution in [3.63, 3.8) is 0 Å². The quantitative estimate of drug-likeness (QED) is 0.731. The molecule has 4 heteroatoms. The Morgan fingerprint density at radius 1 is 1.26 bits per heavy atom. The fourth-order valence-corrected chi connectivity index (χ4v) is 2.56. The van der Waals surface area contributed by atoms with Crippen molar-refractivity contribution < 1.29 is 4.74 Å². The van der Waals surface area contributed by atoms with Crippen LogP contribution in [0.3, 0.4) is 0 Å². The molecule has 3 rings (SSSR count). The lowest BCUT2D eigenvalue weighted by Gasteiger charge is -2.11. The predicted molar refractivity (Wildman–Crippen MR) is 92.9 cm³/mol. The summed E-state index contributed by atoms with van der Waals surface area (Å²) in [5.74, 6) is 1.39. The van der Waals surface area contributed by atoms with Gasteiger partial charge < -0.3 is 9.72 Å². The molecule has 2 aromatic carbocycles. The number of aromatic amines is 1. The summed E-state index contributed by atoms with van der Waals surface area (Å²) < 4.78 is 5.63. The van der Waals surface area contributed by atoms with Gasteiger partial charge in [-0.3, -0.25) is 4.79 Å². The van der Waals surface area contributed by atoms with E-state index in [2.05, 4.69) is 16.5 Å². The summed E-state index contributed by atoms with van der Waals surface area (Å²) in [5, 5.41) is 0.591. The third-order valence-corrected chi connectivity index (χ3v) is 3.61. The van der Waals surface area contributed by atoms with Crippen LogP contribution in [0, 0.1) is 0 Å². The van der Waals surface area contributed by atoms with Gasteiger partial charge in [0.25, 0.3) is 5.56 Å². The molecule has 0 aliphatic carbocycles. The maximum absolute atomic E-state index is 12.2. The van der Waals surface area contributed by atoms with Crippen molar-refractivity contribution in [3.05, 3.63) is 71.0 Å². The molecule has 0 amide bonds. The number of benzene rings is 2. The van der Waals surface area contributed by atoms with Crippen LogP contribution in [0.4, 0.5) is 0 Å². The molecule has 0 aliphatic rings. The normalized spacial score (nSPS) is 10.7. The Bertz CT molecular complexity index is 913. The first kappa shape index (κ1) is 15.0. The Balaban J connectivity index is 2.12. The minimum Gasteiger partial charge on any atom is -0.494 e. The molecule has 1 heterocycles. The highest BCUT2D eigenvalue weighted by Gasteiger charge is 2.09. The van der Waals surface area contributed by atoms with Crippen molar-refractivity contribution in [2.45, 2.75) is 13.3 Å². The van der Waals surface area contributed by atoms with Gasteiger partial charge in [-0.25, -0.2) is 4.98 Å². The minimum absolute atomic E-state index is 0.134. The molecule has 0 bridgehead atoms. The van der Waals surface area contributed by atoms with Crippen LogP contribution >= 0.6 is 0 Å². The molecule has 1 N–H and O–H groups in total. The lowest BCUT2D eigenvalue weighted by atomic mass is 10.1. The minimum atomic E-state index is -0.134. The second kappa shape index (κ2) is 6.48. The molecular formula is C19H18N2O2. The van der Waals surface area contributed by atoms with E-state index in [-0.39, 0.29) is 5.56 Å². The first-order valence-electron chi connectivity index (χ1n) is 7.59. The summed E-state index contributed by atoms with van der Waals surface area (Å²) in [5.41, 5.74) is 2.43. The smallest absolute Gasteiger partial charge is 0.259 e. The molecule has 0 fully saturated rings. The molecular weight excluding hydrogens is 288 g/mol. The third-order valence-electron chi connectivity index (χ3n) is 3.61. The van der Waals surface area contributed by atoms with Gasteiger partial charge in [0.1, 0.15) is 11.6 Å². The van der Waals surface area contributed by atoms with E-state index >= 15 is 0 Å². The zero-order valence-corrected chi connectivity index (χ0v) is 13.0. The van der Waals surface area contributed by atoms with Gasteiger partial charge in [0.05, 0.1) is 17.5 Å². The predicted octanol–water partition coefficient (Wildman–Crippen LogP) is 3.72. The molecule has 0 atom stereocenters. The van der Waals surface area contributed by atoms with Crippen LogP contribution in [0.2, 0.25) is 0 Å². The molecule has 0 saturated heterocycles. The highest BCUT2D eigenvalue weighted by Crippen LogP contribution is 2.26. The van der Waals surface area contributed by atoms with Crippen LogP contribution in [0.5, 0.6) is 5.75 Å². The number of allylic oxidation sites excluding steroid dienone is 1. The summed E-state index contributed by atoms with van der Waals surface area (Å²) in [6, 6.07) is 13.1. The van der Waals surface area contributed by atoms with E-state index in [0.717, 1.165) is 16.9 Å². The lowest BCUT2D eigenvalue weighted by molar-refractivity contribution is 0.337. The van der Waals surface area contributed by atoms with E-state index in [1.807, 2.05) is 49.4 Å². The number of hydrogen-bond donors (Lipinski definition) is 1. The second-order valence-corrected chi connectivity index (χ2v) is 5.18. The number of hydrogen-bond acceptors (Lipinski definition) is 3. The zero-order valence-electron chi connectivity index (χ0n) is 13.0. The van der Waals surface area contributed by atoms with Gasteiger partial charge in [0, 0.05) is 5.56 Å². The van der Waals surface area contributed by atoms with E-state index < -0.39 is 0 Å². The van der Waals surface area contributed by atoms with Crippen molar-refractivity contribution >= 4 is 10.9 Å². The van der Waals surface area contributed by atoms with Gasteiger partial charge in [-0.1, -0.05) is 18.2 Å². The topological polar surface area (TPSA) is 55.0 Å². The number of H-pyrrole nitrogens is 1. The highest BCUT2D eigenvalue weighted by atomic mass is 16.5. The SMILES string of the molecule is C=CCc1cc(-c2nc3ccccc3c(=O)[nH]2)ccc1OCC. The summed E-state index contributed by atoms with van der Waals surface area (Å²) in [4.78, 5) is 19.6. The van der Waals surface area contributed by atoms with Crippen LogP contribution in [-0.4, -0.2) is 16.6 Å². The van der Waals surface area contributed by atoms with Crippen LogP contribution in [0.25, 0.3) is 22.3 Å². The van der Waals surface area contributed by atoms with Crippen LogP contribution in [0.15, 0.2) is 59.9 Å². The van der Waals surface area contributed by atoms with E-state index in [1.165, 1.54) is 0 Å². The molecule has 0 spiro atoms. The standard InChI is InChI=1S/C19H18N2O2/c1-3-7-13-12-14(10-11-17(13)23-4-2)18-20-16-9-6-5-8-15(16)19(22)21-18/h3,5-6,8-12H,1,4,7H2,2H3,(H,20,21,22). The van der Waals surface area contributed by atoms with E-state index in [4.69, 9.17) is 4.74 Å². The zero-order chi connectivity index (χ0) is 16.2. The molecule has 1 aromatic heterocycles. The second-order valence-electron chi connectivity index (χ2n) is 5.18. The van der Waals surface area contributed by atoms with Crippen molar-refractivity contribution in [1.29, 1.82) is 0 Å². The van der Waals surface area contributed by atoms with Crippen molar-refractivity contribution in [2.75, 3.05) is 6.61 Å². The molecule has 0 aliphatic heterocycles. The third kappa shape index (κ3) is 3.01. The van der Waals surface area contributed by atoms with Gasteiger partial charge in [0.2, 0.25) is 0 Å². The van der Waals surface area contributed by atoms with Crippen LogP contribution < -0.4 is 10.3 Å². The largest absolute Gasteiger partial charge is 0.494 e. The monoisotopic (exact) mass is 306 g/mol. The van der Waals surface area contributed by atoms with Crippen molar-refractivity contribution in [3.8, 4) is 17.1 Å². The lowest BCUT2D eigenvalue weighted by Crippen LogP contribution is -2.09. The Hall–Kier alpha value is -2.88. The summed E-state index contributed by atoms with van der Waals surface area (Å²) in [6.45, 7) is 6.34. The Labute approximate surface area is 134 Å². The number of aromatic nitrogens is 2. The van der Waals surface area contributed by atoms with Gasteiger partial charge in [0.15, 0.2) is 0 Å². The van der Waals surface area contributed by atoms with Gasteiger partial charge in [-0.05, 0) is 49.2 Å². The van der Waals surface area contributed by atoms with Gasteiger partial charge in [-0.2, -0.15) is 0 Å². The average Bonchev–Trinajstić information content (AvgIpc) is 2.57. The average molecular weight is 306 g/mol. The van der Waals surface area contributed by atoms with E-state index in [0.29, 0.717) is 29.8 Å². The molecule has 116 valence electrons. The molecule has 0 radical (unpaired) electrons. The van der Waals surface area contributed by atoms with Gasteiger partial charge >= 0.3 is 0 Å². The summed E-state index contributed by atoms with van der Waals surface area (Å²) >= 11 is 0. The van der Waals surface area contributed by atoms with Crippen molar-refractivity contribution in [1.82, 2.24) is 9.97 Å². The van der Waals surface area contributed by atoms with E-state index in [1.54, 1.807) is 6.07 Å². The number of rotatable bonds is 5. The number of para-hydroxylation sites is 1. The first-order chi connectivity index (χ1) is 11.2. The Kier molecular flexibility index (Phi) is 4.24. The van der Waals surface area contributed by atoms with Crippen molar-refractivity contribution in [2.24, 2.45) is 0 Å². The number of nitrogens with zero attached hydrogens (tertiary/aromatic N) is 1. The molecule has 0 unspecified atom stereocenters. The summed E-state index contributed by atoms with van der Waals surface area (Å²) in [7, 11) is 0. The number of ether oxygens (including phenoxy) is 1. The maximum atomic E-state index is 12.2. The van der Waals surface area contributed by atoms with Crippen LogP contribution in [-0.2, 0) is 6.42 Å². The molecule has 23 heavy (non-hydrogen) atoms.